The van der Waals surface area contributed by atoms with Crippen molar-refractivity contribution in [3.63, 3.8) is 0 Å². The molecule has 0 amide bonds. The van der Waals surface area contributed by atoms with Crippen LogP contribution in [-0.2, 0) is 21.5 Å². The van der Waals surface area contributed by atoms with Gasteiger partial charge in [0.15, 0.2) is 17.6 Å². The minimum atomic E-state index is -1.08. The molecule has 2 aliphatic heterocycles. The largest absolute Gasteiger partial charge is 0.493 e. The number of hydrogen-bond acceptors (Lipinski definition) is 7. The first kappa shape index (κ1) is 17.8. The molecule has 8 heteroatoms. The number of likely N-dealkylation sites (tertiary alicyclic amines) is 1. The zero-order valence-corrected chi connectivity index (χ0v) is 16.0. The average Bonchev–Trinajstić information content (AvgIpc) is 3.01. The number of benzene rings is 1. The predicted molar refractivity (Wildman–Crippen MR) is 99.0 cm³/mol. The van der Waals surface area contributed by atoms with Crippen molar-refractivity contribution in [3.05, 3.63) is 23.3 Å². The highest BCUT2D eigenvalue weighted by atomic mass is 16.6. The lowest BCUT2D eigenvalue weighted by Crippen LogP contribution is -2.76. The number of carboxylic acids is 1. The smallest absolute Gasteiger partial charge is 0.344 e. The summed E-state index contributed by atoms with van der Waals surface area (Å²) in [5.74, 6) is 0.249. The molecule has 2 fully saturated rings. The quantitative estimate of drug-likeness (QED) is 0.740. The first-order valence-corrected chi connectivity index (χ1v) is 9.62. The van der Waals surface area contributed by atoms with Crippen LogP contribution in [0.3, 0.4) is 0 Å². The Hall–Kier alpha value is -2.32. The summed E-state index contributed by atoms with van der Waals surface area (Å²) in [5, 5.41) is 25.0. The Morgan fingerprint density at radius 1 is 1.43 bits per heavy atom. The predicted octanol–water partition coefficient (Wildman–Crippen LogP) is 0.936. The van der Waals surface area contributed by atoms with Gasteiger partial charge in [-0.15, -0.1) is 0 Å². The SMILES string of the molecule is COc1ccc2c3c1O[C@H]1C(=NOCC(=O)O)CC[C@@]4(O)[C@@H](C2)N(C)CC[C@]314. The zero-order chi connectivity index (χ0) is 19.7. The molecule has 0 unspecified atom stereocenters. The van der Waals surface area contributed by atoms with Crippen molar-refractivity contribution in [2.45, 2.75) is 48.8 Å². The van der Waals surface area contributed by atoms with Crippen molar-refractivity contribution in [1.29, 1.82) is 0 Å². The molecule has 8 nitrogen and oxygen atoms in total. The summed E-state index contributed by atoms with van der Waals surface area (Å²) in [4.78, 5) is 18.1. The van der Waals surface area contributed by atoms with Crippen LogP contribution in [-0.4, -0.2) is 71.8 Å². The maximum atomic E-state index is 12.0. The summed E-state index contributed by atoms with van der Waals surface area (Å²) in [5.41, 5.74) is 1.30. The summed E-state index contributed by atoms with van der Waals surface area (Å²) >= 11 is 0. The van der Waals surface area contributed by atoms with E-state index in [0.29, 0.717) is 30.1 Å². The molecule has 150 valence electrons. The van der Waals surface area contributed by atoms with E-state index < -0.39 is 29.7 Å². The fourth-order valence-electron chi connectivity index (χ4n) is 5.97. The Balaban J connectivity index is 1.69. The number of likely N-dealkylation sites (N-methyl/N-ethyl adjacent to an activating group) is 1. The number of nitrogens with zero attached hydrogens (tertiary/aromatic N) is 2. The third kappa shape index (κ3) is 2.02. The molecule has 4 aliphatic rings. The average molecular weight is 388 g/mol. The second-order valence-electron chi connectivity index (χ2n) is 8.22. The molecule has 28 heavy (non-hydrogen) atoms. The molecule has 2 aliphatic carbocycles. The number of carboxylic acid groups (broad SMARTS) is 1. The molecule has 2 N–H and O–H groups in total. The van der Waals surface area contributed by atoms with Gasteiger partial charge in [-0.05, 0) is 50.9 Å². The highest BCUT2D eigenvalue weighted by Gasteiger charge is 2.72. The van der Waals surface area contributed by atoms with E-state index in [1.807, 2.05) is 6.07 Å². The van der Waals surface area contributed by atoms with E-state index in [2.05, 4.69) is 23.2 Å². The van der Waals surface area contributed by atoms with Crippen LogP contribution < -0.4 is 9.47 Å². The lowest BCUT2D eigenvalue weighted by Gasteiger charge is -2.62. The van der Waals surface area contributed by atoms with Gasteiger partial charge in [-0.3, -0.25) is 0 Å². The molecule has 2 bridgehead atoms. The van der Waals surface area contributed by atoms with E-state index >= 15 is 0 Å². The summed E-state index contributed by atoms with van der Waals surface area (Å²) in [6.07, 6.45) is 2.04. The van der Waals surface area contributed by atoms with Gasteiger partial charge in [0.25, 0.3) is 0 Å². The van der Waals surface area contributed by atoms with Crippen LogP contribution in [0.4, 0.5) is 0 Å². The molecule has 4 atom stereocenters. The highest BCUT2D eigenvalue weighted by molar-refractivity contribution is 5.94. The number of aliphatic carboxylic acids is 1. The molecule has 1 aromatic carbocycles. The number of aliphatic hydroxyl groups is 1. The first-order valence-electron chi connectivity index (χ1n) is 9.62. The molecule has 1 spiro atoms. The molecular weight excluding hydrogens is 364 g/mol. The molecule has 2 heterocycles. The van der Waals surface area contributed by atoms with Crippen LogP contribution in [0, 0.1) is 0 Å². The van der Waals surface area contributed by atoms with Gasteiger partial charge in [0.05, 0.1) is 23.8 Å². The third-order valence-corrected chi connectivity index (χ3v) is 7.12. The second kappa shape index (κ2) is 5.84. The number of hydrogen-bond donors (Lipinski definition) is 2. The monoisotopic (exact) mass is 388 g/mol. The lowest BCUT2D eigenvalue weighted by atomic mass is 9.49. The van der Waals surface area contributed by atoms with Crippen LogP contribution in [0.25, 0.3) is 0 Å². The van der Waals surface area contributed by atoms with Crippen molar-refractivity contribution in [2.24, 2.45) is 5.16 Å². The van der Waals surface area contributed by atoms with Gasteiger partial charge >= 0.3 is 5.97 Å². The topological polar surface area (TPSA) is 101 Å². The van der Waals surface area contributed by atoms with E-state index in [4.69, 9.17) is 19.4 Å². The second-order valence-corrected chi connectivity index (χ2v) is 8.22. The van der Waals surface area contributed by atoms with Crippen molar-refractivity contribution in [2.75, 3.05) is 27.3 Å². The Labute approximate surface area is 162 Å². The molecule has 1 saturated carbocycles. The highest BCUT2D eigenvalue weighted by Crippen LogP contribution is 2.64. The Morgan fingerprint density at radius 3 is 3.00 bits per heavy atom. The fourth-order valence-corrected chi connectivity index (χ4v) is 5.97. The zero-order valence-electron chi connectivity index (χ0n) is 16.0. The van der Waals surface area contributed by atoms with Crippen LogP contribution in [0.1, 0.15) is 30.4 Å². The van der Waals surface area contributed by atoms with E-state index in [-0.39, 0.29) is 6.04 Å². The summed E-state index contributed by atoms with van der Waals surface area (Å²) in [6.45, 7) is 0.340. The van der Waals surface area contributed by atoms with Crippen LogP contribution >= 0.6 is 0 Å². The number of carbonyl (C=O) groups is 1. The van der Waals surface area contributed by atoms with Crippen molar-refractivity contribution in [1.82, 2.24) is 4.90 Å². The van der Waals surface area contributed by atoms with E-state index in [0.717, 1.165) is 24.9 Å². The summed E-state index contributed by atoms with van der Waals surface area (Å²) < 4.78 is 12.0. The Bertz CT molecular complexity index is 886. The lowest BCUT2D eigenvalue weighted by molar-refractivity contribution is -0.161. The third-order valence-electron chi connectivity index (χ3n) is 7.12. The molecule has 1 saturated heterocycles. The van der Waals surface area contributed by atoms with Gasteiger partial charge in [-0.2, -0.15) is 0 Å². The van der Waals surface area contributed by atoms with Gasteiger partial charge in [0.1, 0.15) is 0 Å². The van der Waals surface area contributed by atoms with Gasteiger partial charge in [0.2, 0.25) is 6.61 Å². The standard InChI is InChI=1S/C20H24N2O6/c1-22-8-7-19-16-11-3-4-13(26-2)17(16)28-18(19)12(21-27-10-15(23)24)5-6-20(19,25)14(22)9-11/h3-4,14,18,25H,5-10H2,1-2H3,(H,23,24)/t14-,18+,19+,20-/m1/s1. The Morgan fingerprint density at radius 2 is 2.25 bits per heavy atom. The van der Waals surface area contributed by atoms with Gasteiger partial charge in [-0.1, -0.05) is 11.2 Å². The Kier molecular flexibility index (Phi) is 3.70. The molecule has 5 rings (SSSR count). The summed E-state index contributed by atoms with van der Waals surface area (Å²) in [6, 6.07) is 3.99. The van der Waals surface area contributed by atoms with Crippen LogP contribution in [0.2, 0.25) is 0 Å². The maximum Gasteiger partial charge on any atom is 0.344 e. The number of rotatable bonds is 4. The minimum absolute atomic E-state index is 0.000632. The number of methoxy groups -OCH3 is 1. The van der Waals surface area contributed by atoms with E-state index in [1.165, 1.54) is 5.56 Å². The van der Waals surface area contributed by atoms with Crippen LogP contribution in [0.15, 0.2) is 17.3 Å². The fraction of sp³-hybridized carbons (Fsp3) is 0.600. The van der Waals surface area contributed by atoms with E-state index in [9.17, 15) is 9.90 Å². The van der Waals surface area contributed by atoms with E-state index in [1.54, 1.807) is 7.11 Å². The molecular formula is C20H24N2O6. The molecule has 0 radical (unpaired) electrons. The maximum absolute atomic E-state index is 12.0. The van der Waals surface area contributed by atoms with Crippen molar-refractivity contribution >= 4 is 11.7 Å². The summed E-state index contributed by atoms with van der Waals surface area (Å²) in [7, 11) is 3.67. The van der Waals surface area contributed by atoms with Gasteiger partial charge in [-0.25, -0.2) is 4.79 Å². The van der Waals surface area contributed by atoms with Gasteiger partial charge in [0, 0.05) is 11.6 Å². The number of oxime groups is 1. The first-order chi connectivity index (χ1) is 13.4. The van der Waals surface area contributed by atoms with Crippen LogP contribution in [0.5, 0.6) is 11.5 Å². The molecule has 1 aromatic rings. The number of piperidine rings is 1. The number of ether oxygens (including phenoxy) is 2. The van der Waals surface area contributed by atoms with Crippen molar-refractivity contribution in [3.8, 4) is 11.5 Å². The van der Waals surface area contributed by atoms with Gasteiger partial charge < -0.3 is 29.4 Å². The minimum Gasteiger partial charge on any atom is -0.493 e. The molecule has 0 aromatic heterocycles. The van der Waals surface area contributed by atoms with Crippen molar-refractivity contribution < 1.29 is 29.3 Å². The normalized spacial score (nSPS) is 36.6.